The molecule has 0 radical (unpaired) electrons. The standard InChI is InChI=1S/C14H17FO/c1-10-7-13(15)6-5-12(10)8-11-3-2-4-14(16)9-11/h5-7,11H,2-4,8-9H2,1H3. The number of carbonyl (C=O) groups is 1. The number of benzene rings is 1. The van der Waals surface area contributed by atoms with E-state index in [1.807, 2.05) is 13.0 Å². The van der Waals surface area contributed by atoms with Gasteiger partial charge >= 0.3 is 0 Å². The summed E-state index contributed by atoms with van der Waals surface area (Å²) in [7, 11) is 0. The third-order valence-electron chi connectivity index (χ3n) is 3.40. The minimum Gasteiger partial charge on any atom is -0.300 e. The Balaban J connectivity index is 2.05. The number of carbonyl (C=O) groups excluding carboxylic acids is 1. The molecule has 1 fully saturated rings. The highest BCUT2D eigenvalue weighted by Crippen LogP contribution is 2.26. The van der Waals surface area contributed by atoms with Crippen LogP contribution in [0.1, 0.15) is 36.8 Å². The van der Waals surface area contributed by atoms with E-state index in [2.05, 4.69) is 0 Å². The van der Waals surface area contributed by atoms with Gasteiger partial charge in [-0.2, -0.15) is 0 Å². The topological polar surface area (TPSA) is 17.1 Å². The summed E-state index contributed by atoms with van der Waals surface area (Å²) in [5, 5.41) is 0. The average Bonchev–Trinajstić information content (AvgIpc) is 2.22. The summed E-state index contributed by atoms with van der Waals surface area (Å²) in [6, 6.07) is 4.93. The van der Waals surface area contributed by atoms with Gasteiger partial charge in [-0.1, -0.05) is 6.07 Å². The molecule has 1 aromatic carbocycles. The highest BCUT2D eigenvalue weighted by molar-refractivity contribution is 5.79. The Morgan fingerprint density at radius 2 is 2.25 bits per heavy atom. The Morgan fingerprint density at radius 3 is 2.94 bits per heavy atom. The number of rotatable bonds is 2. The minimum atomic E-state index is -0.180. The van der Waals surface area contributed by atoms with Gasteiger partial charge in [0.1, 0.15) is 11.6 Å². The van der Waals surface area contributed by atoms with Gasteiger partial charge in [0.25, 0.3) is 0 Å². The molecule has 1 aliphatic rings. The average molecular weight is 220 g/mol. The van der Waals surface area contributed by atoms with E-state index in [1.165, 1.54) is 11.6 Å². The van der Waals surface area contributed by atoms with E-state index in [4.69, 9.17) is 0 Å². The SMILES string of the molecule is Cc1cc(F)ccc1CC1CCCC(=O)C1. The Bertz CT molecular complexity index is 398. The maximum atomic E-state index is 12.9. The van der Waals surface area contributed by atoms with Crippen molar-refractivity contribution in [1.29, 1.82) is 0 Å². The summed E-state index contributed by atoms with van der Waals surface area (Å²) in [4.78, 5) is 11.3. The quantitative estimate of drug-likeness (QED) is 0.746. The molecule has 16 heavy (non-hydrogen) atoms. The van der Waals surface area contributed by atoms with Crippen LogP contribution in [0, 0.1) is 18.7 Å². The zero-order chi connectivity index (χ0) is 11.5. The van der Waals surface area contributed by atoms with Gasteiger partial charge in [-0.25, -0.2) is 4.39 Å². The number of ketones is 1. The van der Waals surface area contributed by atoms with E-state index < -0.39 is 0 Å². The van der Waals surface area contributed by atoms with Crippen molar-refractivity contribution >= 4 is 5.78 Å². The molecule has 86 valence electrons. The van der Waals surface area contributed by atoms with Crippen LogP contribution in [-0.4, -0.2) is 5.78 Å². The summed E-state index contributed by atoms with van der Waals surface area (Å²) in [6.45, 7) is 1.93. The first kappa shape index (κ1) is 11.3. The van der Waals surface area contributed by atoms with Crippen LogP contribution in [0.25, 0.3) is 0 Å². The van der Waals surface area contributed by atoms with Crippen LogP contribution in [0.3, 0.4) is 0 Å². The molecule has 1 aliphatic carbocycles. The van der Waals surface area contributed by atoms with Crippen LogP contribution in [0.15, 0.2) is 18.2 Å². The molecule has 0 N–H and O–H groups in total. The van der Waals surface area contributed by atoms with E-state index in [-0.39, 0.29) is 5.82 Å². The van der Waals surface area contributed by atoms with Gasteiger partial charge in [0, 0.05) is 12.8 Å². The molecule has 0 spiro atoms. The Kier molecular flexibility index (Phi) is 3.37. The number of aryl methyl sites for hydroxylation is 1. The molecular weight excluding hydrogens is 203 g/mol. The van der Waals surface area contributed by atoms with Crippen molar-refractivity contribution in [3.05, 3.63) is 35.1 Å². The van der Waals surface area contributed by atoms with Crippen molar-refractivity contribution in [3.8, 4) is 0 Å². The lowest BCUT2D eigenvalue weighted by molar-refractivity contribution is -0.121. The van der Waals surface area contributed by atoms with E-state index >= 15 is 0 Å². The fraction of sp³-hybridized carbons (Fsp3) is 0.500. The molecular formula is C14H17FO. The Morgan fingerprint density at radius 1 is 1.44 bits per heavy atom. The van der Waals surface area contributed by atoms with E-state index in [9.17, 15) is 9.18 Å². The zero-order valence-electron chi connectivity index (χ0n) is 9.63. The number of hydrogen-bond acceptors (Lipinski definition) is 1. The third kappa shape index (κ3) is 2.69. The predicted octanol–water partition coefficient (Wildman–Crippen LogP) is 3.44. The highest BCUT2D eigenvalue weighted by atomic mass is 19.1. The molecule has 0 amide bonds. The first-order chi connectivity index (χ1) is 7.65. The molecule has 1 saturated carbocycles. The monoisotopic (exact) mass is 220 g/mol. The van der Waals surface area contributed by atoms with Crippen molar-refractivity contribution in [2.75, 3.05) is 0 Å². The summed E-state index contributed by atoms with van der Waals surface area (Å²) in [5.41, 5.74) is 2.18. The van der Waals surface area contributed by atoms with Crippen LogP contribution in [0.2, 0.25) is 0 Å². The van der Waals surface area contributed by atoms with Gasteiger partial charge in [0.05, 0.1) is 0 Å². The number of Topliss-reactive ketones (excluding diaryl/α,β-unsaturated/α-hetero) is 1. The predicted molar refractivity (Wildman–Crippen MR) is 61.8 cm³/mol. The van der Waals surface area contributed by atoms with Crippen LogP contribution < -0.4 is 0 Å². The van der Waals surface area contributed by atoms with Gasteiger partial charge in [0.15, 0.2) is 0 Å². The summed E-state index contributed by atoms with van der Waals surface area (Å²) < 4.78 is 12.9. The lowest BCUT2D eigenvalue weighted by Gasteiger charge is -2.21. The van der Waals surface area contributed by atoms with Crippen LogP contribution in [0.4, 0.5) is 4.39 Å². The van der Waals surface area contributed by atoms with Crippen LogP contribution in [-0.2, 0) is 11.2 Å². The van der Waals surface area contributed by atoms with Gasteiger partial charge < -0.3 is 0 Å². The number of hydrogen-bond donors (Lipinski definition) is 0. The van der Waals surface area contributed by atoms with E-state index in [0.29, 0.717) is 18.1 Å². The molecule has 2 heteroatoms. The van der Waals surface area contributed by atoms with Gasteiger partial charge in [0.2, 0.25) is 0 Å². The first-order valence-electron chi connectivity index (χ1n) is 5.92. The van der Waals surface area contributed by atoms with Gasteiger partial charge in [-0.15, -0.1) is 0 Å². The second-order valence-electron chi connectivity index (χ2n) is 4.78. The smallest absolute Gasteiger partial charge is 0.133 e. The molecule has 2 rings (SSSR count). The molecule has 1 unspecified atom stereocenters. The fourth-order valence-electron chi connectivity index (χ4n) is 2.49. The molecule has 0 bridgehead atoms. The maximum absolute atomic E-state index is 12.9. The summed E-state index contributed by atoms with van der Waals surface area (Å²) >= 11 is 0. The molecule has 0 saturated heterocycles. The first-order valence-corrected chi connectivity index (χ1v) is 5.92. The van der Waals surface area contributed by atoms with Crippen molar-refractivity contribution in [2.45, 2.75) is 39.0 Å². The lowest BCUT2D eigenvalue weighted by atomic mass is 9.83. The van der Waals surface area contributed by atoms with Crippen molar-refractivity contribution in [3.63, 3.8) is 0 Å². The molecule has 0 aliphatic heterocycles. The zero-order valence-corrected chi connectivity index (χ0v) is 9.63. The Labute approximate surface area is 95.7 Å². The van der Waals surface area contributed by atoms with Crippen LogP contribution >= 0.6 is 0 Å². The van der Waals surface area contributed by atoms with E-state index in [1.54, 1.807) is 6.07 Å². The minimum absolute atomic E-state index is 0.180. The van der Waals surface area contributed by atoms with E-state index in [0.717, 1.165) is 31.2 Å². The van der Waals surface area contributed by atoms with Gasteiger partial charge in [-0.3, -0.25) is 4.79 Å². The molecule has 1 aromatic rings. The third-order valence-corrected chi connectivity index (χ3v) is 3.40. The highest BCUT2D eigenvalue weighted by Gasteiger charge is 2.20. The second-order valence-corrected chi connectivity index (χ2v) is 4.78. The fourth-order valence-corrected chi connectivity index (χ4v) is 2.49. The van der Waals surface area contributed by atoms with Crippen molar-refractivity contribution in [1.82, 2.24) is 0 Å². The largest absolute Gasteiger partial charge is 0.300 e. The second kappa shape index (κ2) is 4.77. The molecule has 1 atom stereocenters. The van der Waals surface area contributed by atoms with Crippen molar-refractivity contribution < 1.29 is 9.18 Å². The maximum Gasteiger partial charge on any atom is 0.133 e. The molecule has 0 aromatic heterocycles. The molecule has 1 nitrogen and oxygen atoms in total. The number of halogens is 1. The Hall–Kier alpha value is -1.18. The van der Waals surface area contributed by atoms with Gasteiger partial charge in [-0.05, 0) is 55.4 Å². The summed E-state index contributed by atoms with van der Waals surface area (Å²) in [6.07, 6.45) is 4.51. The summed E-state index contributed by atoms with van der Waals surface area (Å²) in [5.74, 6) is 0.669. The van der Waals surface area contributed by atoms with Crippen LogP contribution in [0.5, 0.6) is 0 Å². The van der Waals surface area contributed by atoms with Crippen molar-refractivity contribution in [2.24, 2.45) is 5.92 Å². The molecule has 0 heterocycles. The normalized spacial score (nSPS) is 21.1. The lowest BCUT2D eigenvalue weighted by Crippen LogP contribution is -2.17.